The summed E-state index contributed by atoms with van der Waals surface area (Å²) in [6.45, 7) is 1.71. The Morgan fingerprint density at radius 3 is 2.65 bits per heavy atom. The SMILES string of the molecule is CN(C)CCN(C)c1nnc2ccc(F)cn12. The largest absolute Gasteiger partial charge is 0.342 e. The number of likely N-dealkylation sites (N-methyl/N-ethyl adjacent to an activating group) is 2. The van der Waals surface area contributed by atoms with Gasteiger partial charge in [0.25, 0.3) is 0 Å². The minimum absolute atomic E-state index is 0.292. The lowest BCUT2D eigenvalue weighted by Gasteiger charge is -2.19. The summed E-state index contributed by atoms with van der Waals surface area (Å²) in [7, 11) is 5.94. The van der Waals surface area contributed by atoms with Crippen molar-refractivity contribution in [1.82, 2.24) is 19.5 Å². The Kier molecular flexibility index (Phi) is 3.23. The fraction of sp³-hybridized carbons (Fsp3) is 0.455. The van der Waals surface area contributed by atoms with Crippen LogP contribution in [0.25, 0.3) is 5.65 Å². The standard InChI is InChI=1S/C11H16FN5/c1-15(2)6-7-16(3)11-14-13-10-5-4-9(12)8-17(10)11/h4-5,8H,6-7H2,1-3H3. The van der Waals surface area contributed by atoms with Crippen molar-refractivity contribution in [1.29, 1.82) is 0 Å². The minimum Gasteiger partial charge on any atom is -0.342 e. The smallest absolute Gasteiger partial charge is 0.231 e. The van der Waals surface area contributed by atoms with Gasteiger partial charge in [-0.1, -0.05) is 0 Å². The van der Waals surface area contributed by atoms with Gasteiger partial charge in [-0.3, -0.25) is 4.40 Å². The highest BCUT2D eigenvalue weighted by molar-refractivity contribution is 5.46. The van der Waals surface area contributed by atoms with Crippen molar-refractivity contribution in [2.75, 3.05) is 39.1 Å². The molecule has 0 radical (unpaired) electrons. The second-order valence-corrected chi connectivity index (χ2v) is 4.30. The summed E-state index contributed by atoms with van der Waals surface area (Å²) < 4.78 is 14.8. The van der Waals surface area contributed by atoms with Crippen LogP contribution in [0, 0.1) is 5.82 Å². The van der Waals surface area contributed by atoms with Crippen LogP contribution in [-0.2, 0) is 0 Å². The molecule has 0 aliphatic rings. The molecule has 0 fully saturated rings. The Labute approximate surface area is 99.5 Å². The quantitative estimate of drug-likeness (QED) is 0.790. The summed E-state index contributed by atoms with van der Waals surface area (Å²) in [4.78, 5) is 4.04. The summed E-state index contributed by atoms with van der Waals surface area (Å²) in [6, 6.07) is 3.00. The zero-order valence-electron chi connectivity index (χ0n) is 10.3. The first-order valence-electron chi connectivity index (χ1n) is 5.44. The molecular weight excluding hydrogens is 221 g/mol. The number of aromatic nitrogens is 3. The molecule has 6 heteroatoms. The predicted molar refractivity (Wildman–Crippen MR) is 64.8 cm³/mol. The predicted octanol–water partition coefficient (Wildman–Crippen LogP) is 0.866. The number of hydrogen-bond acceptors (Lipinski definition) is 4. The maximum atomic E-state index is 13.2. The number of fused-ring (bicyclic) bond motifs is 1. The van der Waals surface area contributed by atoms with E-state index in [-0.39, 0.29) is 5.82 Å². The van der Waals surface area contributed by atoms with Gasteiger partial charge >= 0.3 is 0 Å². The minimum atomic E-state index is -0.292. The van der Waals surface area contributed by atoms with Gasteiger partial charge in [-0.2, -0.15) is 0 Å². The lowest BCUT2D eigenvalue weighted by Crippen LogP contribution is -2.29. The van der Waals surface area contributed by atoms with Crippen LogP contribution >= 0.6 is 0 Å². The van der Waals surface area contributed by atoms with Gasteiger partial charge in [-0.25, -0.2) is 4.39 Å². The third-order valence-electron chi connectivity index (χ3n) is 2.57. The van der Waals surface area contributed by atoms with E-state index in [2.05, 4.69) is 15.1 Å². The van der Waals surface area contributed by atoms with E-state index in [1.165, 1.54) is 12.3 Å². The Morgan fingerprint density at radius 1 is 1.18 bits per heavy atom. The molecule has 0 aliphatic heterocycles. The Bertz CT molecular complexity index is 508. The molecule has 5 nitrogen and oxygen atoms in total. The summed E-state index contributed by atoms with van der Waals surface area (Å²) in [5.41, 5.74) is 0.651. The van der Waals surface area contributed by atoms with Crippen LogP contribution < -0.4 is 4.90 Å². The molecule has 2 rings (SSSR count). The molecule has 0 saturated heterocycles. The van der Waals surface area contributed by atoms with Gasteiger partial charge in [0.2, 0.25) is 5.95 Å². The fourth-order valence-corrected chi connectivity index (χ4v) is 1.56. The average molecular weight is 237 g/mol. The summed E-state index contributed by atoms with van der Waals surface area (Å²) in [5.74, 6) is 0.362. The number of nitrogens with zero attached hydrogens (tertiary/aromatic N) is 5. The van der Waals surface area contributed by atoms with E-state index in [0.29, 0.717) is 11.6 Å². The lowest BCUT2D eigenvalue weighted by molar-refractivity contribution is 0.415. The van der Waals surface area contributed by atoms with Crippen molar-refractivity contribution in [3.63, 3.8) is 0 Å². The molecule has 0 aliphatic carbocycles. The highest BCUT2D eigenvalue weighted by Crippen LogP contribution is 2.12. The molecule has 17 heavy (non-hydrogen) atoms. The first-order valence-corrected chi connectivity index (χ1v) is 5.44. The Balaban J connectivity index is 2.25. The highest BCUT2D eigenvalue weighted by Gasteiger charge is 2.10. The molecular formula is C11H16FN5. The van der Waals surface area contributed by atoms with Crippen molar-refractivity contribution in [2.24, 2.45) is 0 Å². The van der Waals surface area contributed by atoms with Crippen molar-refractivity contribution in [3.8, 4) is 0 Å². The van der Waals surface area contributed by atoms with Gasteiger partial charge in [0.1, 0.15) is 5.82 Å². The van der Waals surface area contributed by atoms with Gasteiger partial charge in [0.05, 0.1) is 0 Å². The number of pyridine rings is 1. The van der Waals surface area contributed by atoms with Crippen molar-refractivity contribution < 1.29 is 4.39 Å². The second kappa shape index (κ2) is 4.67. The molecule has 0 atom stereocenters. The van der Waals surface area contributed by atoms with E-state index < -0.39 is 0 Å². The van der Waals surface area contributed by atoms with Gasteiger partial charge in [0.15, 0.2) is 5.65 Å². The van der Waals surface area contributed by atoms with Crippen molar-refractivity contribution in [2.45, 2.75) is 0 Å². The average Bonchev–Trinajstić information content (AvgIpc) is 2.68. The van der Waals surface area contributed by atoms with Crippen LogP contribution in [0.15, 0.2) is 18.3 Å². The molecule has 0 spiro atoms. The molecule has 0 bridgehead atoms. The van der Waals surface area contributed by atoms with Gasteiger partial charge < -0.3 is 9.80 Å². The van der Waals surface area contributed by atoms with E-state index in [1.54, 1.807) is 10.5 Å². The summed E-state index contributed by atoms with van der Waals surface area (Å²) in [6.07, 6.45) is 1.40. The van der Waals surface area contributed by atoms with Crippen LogP contribution in [0.2, 0.25) is 0 Å². The van der Waals surface area contributed by atoms with Gasteiger partial charge in [-0.05, 0) is 26.2 Å². The van der Waals surface area contributed by atoms with Crippen LogP contribution in [0.5, 0.6) is 0 Å². The van der Waals surface area contributed by atoms with Crippen LogP contribution in [0.3, 0.4) is 0 Å². The van der Waals surface area contributed by atoms with E-state index in [1.807, 2.05) is 26.0 Å². The number of rotatable bonds is 4. The maximum Gasteiger partial charge on any atom is 0.231 e. The fourth-order valence-electron chi connectivity index (χ4n) is 1.56. The van der Waals surface area contributed by atoms with E-state index in [0.717, 1.165) is 13.1 Å². The molecule has 2 heterocycles. The molecule has 0 unspecified atom stereocenters. The number of anilines is 1. The molecule has 0 amide bonds. The normalized spacial score (nSPS) is 11.4. The highest BCUT2D eigenvalue weighted by atomic mass is 19.1. The van der Waals surface area contributed by atoms with Crippen LogP contribution in [0.4, 0.5) is 10.3 Å². The Morgan fingerprint density at radius 2 is 1.94 bits per heavy atom. The molecule has 92 valence electrons. The molecule has 0 aromatic carbocycles. The molecule has 0 saturated carbocycles. The zero-order chi connectivity index (χ0) is 12.4. The topological polar surface area (TPSA) is 36.7 Å². The van der Waals surface area contributed by atoms with E-state index >= 15 is 0 Å². The monoisotopic (exact) mass is 237 g/mol. The van der Waals surface area contributed by atoms with Crippen molar-refractivity contribution >= 4 is 11.6 Å². The van der Waals surface area contributed by atoms with E-state index in [4.69, 9.17) is 0 Å². The second-order valence-electron chi connectivity index (χ2n) is 4.30. The molecule has 2 aromatic heterocycles. The zero-order valence-corrected chi connectivity index (χ0v) is 10.3. The Hall–Kier alpha value is -1.69. The number of hydrogen-bond donors (Lipinski definition) is 0. The third-order valence-corrected chi connectivity index (χ3v) is 2.57. The molecule has 0 N–H and O–H groups in total. The lowest BCUT2D eigenvalue weighted by atomic mass is 10.4. The summed E-state index contributed by atoms with van der Waals surface area (Å²) in [5, 5.41) is 8.07. The first-order chi connectivity index (χ1) is 8.08. The van der Waals surface area contributed by atoms with Crippen LogP contribution in [0.1, 0.15) is 0 Å². The first kappa shape index (κ1) is 11.8. The third kappa shape index (κ3) is 2.52. The van der Waals surface area contributed by atoms with Gasteiger partial charge in [0, 0.05) is 26.3 Å². The van der Waals surface area contributed by atoms with Gasteiger partial charge in [-0.15, -0.1) is 10.2 Å². The summed E-state index contributed by atoms with van der Waals surface area (Å²) >= 11 is 0. The van der Waals surface area contributed by atoms with E-state index in [9.17, 15) is 4.39 Å². The van der Waals surface area contributed by atoms with Crippen LogP contribution in [-0.4, -0.2) is 53.7 Å². The van der Waals surface area contributed by atoms with Crippen molar-refractivity contribution in [3.05, 3.63) is 24.1 Å². The number of halogens is 1. The molecule has 2 aromatic rings. The maximum absolute atomic E-state index is 13.2.